The number of thiocyanates is 1. The molecule has 0 bridgehead atoms. The number of halogens is 2. The molecule has 94 valence electrons. The van der Waals surface area contributed by atoms with Crippen molar-refractivity contribution in [1.82, 2.24) is 0 Å². The van der Waals surface area contributed by atoms with Crippen molar-refractivity contribution in [2.75, 3.05) is 16.8 Å². The first-order chi connectivity index (χ1) is 8.65. The number of thioether (sulfide) groups is 1. The normalized spacial score (nSPS) is 19.1. The summed E-state index contributed by atoms with van der Waals surface area (Å²) < 4.78 is 0. The van der Waals surface area contributed by atoms with Gasteiger partial charge in [0.15, 0.2) is 0 Å². The van der Waals surface area contributed by atoms with E-state index in [1.165, 1.54) is 0 Å². The number of alkyl halides is 1. The lowest BCUT2D eigenvalue weighted by molar-refractivity contribution is -0.117. The number of nitrogens with zero attached hydrogens (tertiary/aromatic N) is 2. The molecule has 1 aliphatic heterocycles. The maximum Gasteiger partial charge on any atom is 0.227 e. The molecule has 1 aromatic carbocycles. The molecule has 0 aromatic heterocycles. The number of benzene rings is 1. The second-order valence-corrected chi connectivity index (χ2v) is 5.95. The first-order valence-electron chi connectivity index (χ1n) is 5.37. The van der Waals surface area contributed by atoms with Crippen molar-refractivity contribution >= 4 is 50.9 Å². The molecule has 18 heavy (non-hydrogen) atoms. The summed E-state index contributed by atoms with van der Waals surface area (Å²) in [6.07, 6.45) is 0.552. The number of carbonyl (C=O) groups excluding carboxylic acids is 1. The number of hydrogen-bond acceptors (Lipinski definition) is 3. The van der Waals surface area contributed by atoms with Gasteiger partial charge in [-0.1, -0.05) is 27.5 Å². The molecule has 1 saturated heterocycles. The summed E-state index contributed by atoms with van der Waals surface area (Å²) in [5, 5.41) is 11.9. The van der Waals surface area contributed by atoms with Gasteiger partial charge in [-0.3, -0.25) is 4.79 Å². The van der Waals surface area contributed by atoms with E-state index in [0.29, 0.717) is 23.9 Å². The van der Waals surface area contributed by atoms with Crippen LogP contribution in [0.5, 0.6) is 0 Å². The first-order valence-corrected chi connectivity index (χ1v) is 7.69. The smallest absolute Gasteiger partial charge is 0.227 e. The summed E-state index contributed by atoms with van der Waals surface area (Å²) in [5.74, 6) is 0.434. The molecule has 3 nitrogen and oxygen atoms in total. The second kappa shape index (κ2) is 5.96. The van der Waals surface area contributed by atoms with Crippen molar-refractivity contribution in [1.29, 1.82) is 5.26 Å². The van der Waals surface area contributed by atoms with Gasteiger partial charge in [0.1, 0.15) is 5.40 Å². The van der Waals surface area contributed by atoms with Gasteiger partial charge in [-0.15, -0.1) is 0 Å². The van der Waals surface area contributed by atoms with Crippen molar-refractivity contribution in [2.45, 2.75) is 11.3 Å². The fraction of sp³-hybridized carbons (Fsp3) is 0.333. The predicted molar refractivity (Wildman–Crippen MR) is 77.2 cm³/mol. The zero-order chi connectivity index (χ0) is 13.1. The molecule has 0 spiro atoms. The third-order valence-corrected chi connectivity index (χ3v) is 4.60. The summed E-state index contributed by atoms with van der Waals surface area (Å²) in [6, 6.07) is 5.33. The highest BCUT2D eigenvalue weighted by atomic mass is 79.9. The molecule has 1 fully saturated rings. The van der Waals surface area contributed by atoms with Crippen LogP contribution in [0, 0.1) is 16.6 Å². The van der Waals surface area contributed by atoms with Gasteiger partial charge in [-0.2, -0.15) is 5.26 Å². The minimum Gasteiger partial charge on any atom is -0.311 e. The van der Waals surface area contributed by atoms with Crippen molar-refractivity contribution < 1.29 is 4.79 Å². The maximum atomic E-state index is 11.9. The van der Waals surface area contributed by atoms with Gasteiger partial charge in [0.25, 0.3) is 0 Å². The zero-order valence-electron chi connectivity index (χ0n) is 9.40. The minimum absolute atomic E-state index is 0.0991. The summed E-state index contributed by atoms with van der Waals surface area (Å²) in [7, 11) is 0. The molecule has 2 rings (SSSR count). The van der Waals surface area contributed by atoms with Crippen LogP contribution in [-0.4, -0.2) is 17.8 Å². The number of amides is 1. The monoisotopic (exact) mass is 344 g/mol. The third kappa shape index (κ3) is 2.82. The molecule has 1 unspecified atom stereocenters. The van der Waals surface area contributed by atoms with Crippen molar-refractivity contribution in [3.63, 3.8) is 0 Å². The number of anilines is 1. The Labute approximate surface area is 123 Å². The van der Waals surface area contributed by atoms with E-state index in [0.717, 1.165) is 27.7 Å². The second-order valence-electron chi connectivity index (χ2n) is 4.04. The summed E-state index contributed by atoms with van der Waals surface area (Å²) in [4.78, 5) is 14.4. The highest BCUT2D eigenvalue weighted by Crippen LogP contribution is 2.34. The van der Waals surface area contributed by atoms with Crippen LogP contribution in [0.1, 0.15) is 6.42 Å². The zero-order valence-corrected chi connectivity index (χ0v) is 12.6. The number of rotatable bonds is 3. The summed E-state index contributed by atoms with van der Waals surface area (Å²) in [6.45, 7) is 0.689. The molecule has 0 N–H and O–H groups in total. The van der Waals surface area contributed by atoms with Crippen LogP contribution in [0.3, 0.4) is 0 Å². The molecule has 1 amide bonds. The first kappa shape index (κ1) is 13.7. The van der Waals surface area contributed by atoms with Gasteiger partial charge in [0.2, 0.25) is 5.91 Å². The highest BCUT2D eigenvalue weighted by Gasteiger charge is 2.30. The quantitative estimate of drug-likeness (QED) is 0.477. The van der Waals surface area contributed by atoms with Crippen LogP contribution in [0.15, 0.2) is 23.1 Å². The van der Waals surface area contributed by atoms with Crippen LogP contribution in [0.2, 0.25) is 5.02 Å². The van der Waals surface area contributed by atoms with E-state index in [1.807, 2.05) is 11.5 Å². The van der Waals surface area contributed by atoms with Crippen LogP contribution in [-0.2, 0) is 4.79 Å². The molecule has 0 radical (unpaired) electrons. The molecular weight excluding hydrogens is 336 g/mol. The van der Waals surface area contributed by atoms with Crippen LogP contribution in [0.4, 0.5) is 5.69 Å². The average molecular weight is 346 g/mol. The Hall–Kier alpha value is -0.700. The summed E-state index contributed by atoms with van der Waals surface area (Å²) >= 11 is 10.6. The molecule has 6 heteroatoms. The van der Waals surface area contributed by atoms with E-state index in [4.69, 9.17) is 16.9 Å². The lowest BCUT2D eigenvalue weighted by Gasteiger charge is -2.18. The van der Waals surface area contributed by atoms with Crippen LogP contribution < -0.4 is 4.90 Å². The Morgan fingerprint density at radius 2 is 2.39 bits per heavy atom. The lowest BCUT2D eigenvalue weighted by atomic mass is 10.2. The van der Waals surface area contributed by atoms with Crippen molar-refractivity contribution in [2.24, 2.45) is 5.92 Å². The van der Waals surface area contributed by atoms with Gasteiger partial charge < -0.3 is 4.90 Å². The standard InChI is InChI=1S/C12H10BrClN2OS/c13-5-8-3-12(17)16(6-8)11-2-1-9(18-7-15)4-10(11)14/h1-2,4,8H,3,5-6H2. The third-order valence-electron chi connectivity index (χ3n) is 2.80. The fourth-order valence-electron chi connectivity index (χ4n) is 1.94. The van der Waals surface area contributed by atoms with Gasteiger partial charge in [-0.05, 0) is 35.9 Å². The number of hydrogen-bond donors (Lipinski definition) is 0. The molecule has 1 aliphatic rings. The van der Waals surface area contributed by atoms with Gasteiger partial charge in [-0.25, -0.2) is 0 Å². The molecule has 1 aromatic rings. The Kier molecular flexibility index (Phi) is 4.55. The van der Waals surface area contributed by atoms with E-state index in [2.05, 4.69) is 15.9 Å². The highest BCUT2D eigenvalue weighted by molar-refractivity contribution is 9.09. The summed E-state index contributed by atoms with van der Waals surface area (Å²) in [5.41, 5.74) is 0.729. The van der Waals surface area contributed by atoms with E-state index >= 15 is 0 Å². The van der Waals surface area contributed by atoms with Crippen LogP contribution >= 0.6 is 39.3 Å². The Bertz CT molecular complexity index is 517. The Morgan fingerprint density at radius 1 is 1.61 bits per heavy atom. The van der Waals surface area contributed by atoms with Gasteiger partial charge >= 0.3 is 0 Å². The molecule has 1 atom stereocenters. The Morgan fingerprint density at radius 3 is 2.94 bits per heavy atom. The lowest BCUT2D eigenvalue weighted by Crippen LogP contribution is -2.24. The van der Waals surface area contributed by atoms with Crippen molar-refractivity contribution in [3.05, 3.63) is 23.2 Å². The fourth-order valence-corrected chi connectivity index (χ4v) is 3.14. The van der Waals surface area contributed by atoms with E-state index < -0.39 is 0 Å². The van der Waals surface area contributed by atoms with Gasteiger partial charge in [0, 0.05) is 23.2 Å². The van der Waals surface area contributed by atoms with E-state index in [-0.39, 0.29) is 5.91 Å². The molecule has 0 aliphatic carbocycles. The maximum absolute atomic E-state index is 11.9. The average Bonchev–Trinajstić information content (AvgIpc) is 2.71. The number of nitriles is 1. The minimum atomic E-state index is 0.0991. The van der Waals surface area contributed by atoms with E-state index in [9.17, 15) is 4.79 Å². The predicted octanol–water partition coefficient (Wildman–Crippen LogP) is 3.66. The molecule has 0 saturated carbocycles. The Balaban J connectivity index is 2.24. The van der Waals surface area contributed by atoms with E-state index in [1.54, 1.807) is 17.0 Å². The topological polar surface area (TPSA) is 44.1 Å². The number of carbonyl (C=O) groups is 1. The molecular formula is C12H10BrClN2OS. The van der Waals surface area contributed by atoms with Gasteiger partial charge in [0.05, 0.1) is 10.7 Å². The van der Waals surface area contributed by atoms with Crippen molar-refractivity contribution in [3.8, 4) is 5.40 Å². The largest absolute Gasteiger partial charge is 0.311 e. The molecule has 1 heterocycles. The van der Waals surface area contributed by atoms with Crippen LogP contribution in [0.25, 0.3) is 0 Å². The SMILES string of the molecule is N#CSc1ccc(N2CC(CBr)CC2=O)c(Cl)c1.